The Morgan fingerprint density at radius 2 is 2.05 bits per heavy atom. The first-order valence-electron chi connectivity index (χ1n) is 6.58. The highest BCUT2D eigenvalue weighted by atomic mass is 79.9. The Balaban J connectivity index is 2.43. The van der Waals surface area contributed by atoms with E-state index >= 15 is 0 Å². The van der Waals surface area contributed by atoms with Gasteiger partial charge in [-0.25, -0.2) is 0 Å². The van der Waals surface area contributed by atoms with Crippen molar-refractivity contribution in [3.05, 3.63) is 28.7 Å². The number of methoxy groups -OCH3 is 1. The molecule has 1 N–H and O–H groups in total. The normalized spacial score (nSPS) is 13.5. The van der Waals surface area contributed by atoms with Crippen LogP contribution < -0.4 is 5.32 Å². The lowest BCUT2D eigenvalue weighted by molar-refractivity contribution is 0.0123. The lowest BCUT2D eigenvalue weighted by atomic mass is 9.99. The first-order chi connectivity index (χ1) is 8.98. The van der Waals surface area contributed by atoms with Crippen LogP contribution >= 0.6 is 27.7 Å². The molecule has 0 fully saturated rings. The van der Waals surface area contributed by atoms with Crippen molar-refractivity contribution >= 4 is 27.7 Å². The first kappa shape index (κ1) is 17.0. The number of benzene rings is 1. The average molecular weight is 346 g/mol. The van der Waals surface area contributed by atoms with Crippen LogP contribution in [0, 0.1) is 0 Å². The highest BCUT2D eigenvalue weighted by Crippen LogP contribution is 2.28. The molecule has 1 unspecified atom stereocenters. The Labute approximate surface area is 129 Å². The molecule has 1 aromatic carbocycles. The molecule has 0 aromatic heterocycles. The summed E-state index contributed by atoms with van der Waals surface area (Å²) in [5.41, 5.74) is -0.0346. The van der Waals surface area contributed by atoms with Gasteiger partial charge in [0.15, 0.2) is 0 Å². The molecular formula is C15H24BrNOS. The molecular weight excluding hydrogens is 322 g/mol. The van der Waals surface area contributed by atoms with Crippen LogP contribution in [-0.2, 0) is 4.74 Å². The molecule has 0 radical (unpaired) electrons. The number of halogens is 1. The van der Waals surface area contributed by atoms with Gasteiger partial charge in [-0.1, -0.05) is 12.1 Å². The number of hydrogen-bond donors (Lipinski definition) is 1. The van der Waals surface area contributed by atoms with Crippen molar-refractivity contribution in [2.75, 3.05) is 19.9 Å². The number of ether oxygens (including phenoxy) is 1. The van der Waals surface area contributed by atoms with E-state index in [2.05, 4.69) is 53.3 Å². The van der Waals surface area contributed by atoms with E-state index in [4.69, 9.17) is 4.74 Å². The Kier molecular flexibility index (Phi) is 7.44. The van der Waals surface area contributed by atoms with Crippen LogP contribution in [-0.4, -0.2) is 31.6 Å². The summed E-state index contributed by atoms with van der Waals surface area (Å²) in [4.78, 5) is 1.30. The van der Waals surface area contributed by atoms with Crippen LogP contribution in [0.25, 0.3) is 0 Å². The molecule has 0 saturated heterocycles. The summed E-state index contributed by atoms with van der Waals surface area (Å²) in [6, 6.07) is 8.87. The van der Waals surface area contributed by atoms with Crippen molar-refractivity contribution in [2.45, 2.75) is 43.2 Å². The third-order valence-electron chi connectivity index (χ3n) is 3.33. The van der Waals surface area contributed by atoms with Gasteiger partial charge < -0.3 is 10.1 Å². The lowest BCUT2D eigenvalue weighted by Crippen LogP contribution is -2.32. The third-order valence-corrected chi connectivity index (χ3v) is 5.52. The van der Waals surface area contributed by atoms with Crippen LogP contribution in [0.2, 0.25) is 0 Å². The summed E-state index contributed by atoms with van der Waals surface area (Å²) >= 11 is 5.48. The van der Waals surface area contributed by atoms with E-state index in [0.717, 1.165) is 18.6 Å². The molecule has 0 saturated carbocycles. The van der Waals surface area contributed by atoms with E-state index in [0.29, 0.717) is 6.04 Å². The average Bonchev–Trinajstić information content (AvgIpc) is 2.41. The molecule has 0 amide bonds. The Bertz CT molecular complexity index is 384. The SMILES string of the molecule is CNC(CCC(C)(C)OC)CSc1ccccc1Br. The number of hydrogen-bond acceptors (Lipinski definition) is 3. The molecule has 108 valence electrons. The molecule has 1 atom stereocenters. The second kappa shape index (κ2) is 8.30. The van der Waals surface area contributed by atoms with Gasteiger partial charge in [-0.15, -0.1) is 11.8 Å². The van der Waals surface area contributed by atoms with Crippen LogP contribution in [0.1, 0.15) is 26.7 Å². The second-order valence-corrected chi connectivity index (χ2v) is 7.15. The fourth-order valence-corrected chi connectivity index (χ4v) is 3.41. The van der Waals surface area contributed by atoms with E-state index in [9.17, 15) is 0 Å². The van der Waals surface area contributed by atoms with Crippen molar-refractivity contribution < 1.29 is 4.74 Å². The van der Waals surface area contributed by atoms with Crippen molar-refractivity contribution in [2.24, 2.45) is 0 Å². The molecule has 19 heavy (non-hydrogen) atoms. The summed E-state index contributed by atoms with van der Waals surface area (Å²) in [5, 5.41) is 3.40. The molecule has 4 heteroatoms. The molecule has 2 nitrogen and oxygen atoms in total. The number of thioether (sulfide) groups is 1. The Morgan fingerprint density at radius 1 is 1.37 bits per heavy atom. The predicted octanol–water partition coefficient (Wildman–Crippen LogP) is 4.33. The zero-order valence-electron chi connectivity index (χ0n) is 12.2. The van der Waals surface area contributed by atoms with Crippen molar-refractivity contribution in [1.29, 1.82) is 0 Å². The standard InChI is InChI=1S/C15H24BrNOS/c1-15(2,18-4)10-9-12(17-3)11-19-14-8-6-5-7-13(14)16/h5-8,12,17H,9-11H2,1-4H3. The van der Waals surface area contributed by atoms with E-state index in [1.807, 2.05) is 24.9 Å². The fraction of sp³-hybridized carbons (Fsp3) is 0.600. The van der Waals surface area contributed by atoms with Gasteiger partial charge in [-0.2, -0.15) is 0 Å². The number of nitrogens with one attached hydrogen (secondary N) is 1. The minimum atomic E-state index is -0.0346. The van der Waals surface area contributed by atoms with Crippen molar-refractivity contribution in [1.82, 2.24) is 5.32 Å². The van der Waals surface area contributed by atoms with Gasteiger partial charge in [0, 0.05) is 28.3 Å². The van der Waals surface area contributed by atoms with Crippen molar-refractivity contribution in [3.63, 3.8) is 0 Å². The van der Waals surface area contributed by atoms with Gasteiger partial charge in [0.05, 0.1) is 5.60 Å². The smallest absolute Gasteiger partial charge is 0.0623 e. The molecule has 0 aliphatic heterocycles. The van der Waals surface area contributed by atoms with Gasteiger partial charge >= 0.3 is 0 Å². The topological polar surface area (TPSA) is 21.3 Å². The minimum Gasteiger partial charge on any atom is -0.379 e. The fourth-order valence-electron chi connectivity index (χ4n) is 1.69. The summed E-state index contributed by atoms with van der Waals surface area (Å²) in [6.45, 7) is 4.28. The molecule has 1 aromatic rings. The van der Waals surface area contributed by atoms with Gasteiger partial charge in [0.25, 0.3) is 0 Å². The summed E-state index contributed by atoms with van der Waals surface area (Å²) < 4.78 is 6.65. The highest BCUT2D eigenvalue weighted by Gasteiger charge is 2.18. The molecule has 0 heterocycles. The van der Waals surface area contributed by atoms with E-state index < -0.39 is 0 Å². The van der Waals surface area contributed by atoms with E-state index in [1.165, 1.54) is 9.37 Å². The van der Waals surface area contributed by atoms with Crippen LogP contribution in [0.15, 0.2) is 33.6 Å². The lowest BCUT2D eigenvalue weighted by Gasteiger charge is -2.25. The zero-order valence-corrected chi connectivity index (χ0v) is 14.6. The molecule has 0 aliphatic rings. The highest BCUT2D eigenvalue weighted by molar-refractivity contribution is 9.10. The Hall–Kier alpha value is -0.0300. The molecule has 0 spiro atoms. The quantitative estimate of drug-likeness (QED) is 0.708. The van der Waals surface area contributed by atoms with Crippen molar-refractivity contribution in [3.8, 4) is 0 Å². The summed E-state index contributed by atoms with van der Waals surface area (Å²) in [5.74, 6) is 1.07. The maximum Gasteiger partial charge on any atom is 0.0623 e. The van der Waals surface area contributed by atoms with E-state index in [1.54, 1.807) is 7.11 Å². The van der Waals surface area contributed by atoms with Crippen LogP contribution in [0.5, 0.6) is 0 Å². The van der Waals surface area contributed by atoms with Gasteiger partial charge in [-0.05, 0) is 61.8 Å². The summed E-state index contributed by atoms with van der Waals surface area (Å²) in [6.07, 6.45) is 2.18. The maximum absolute atomic E-state index is 5.47. The maximum atomic E-state index is 5.47. The largest absolute Gasteiger partial charge is 0.379 e. The monoisotopic (exact) mass is 345 g/mol. The number of rotatable bonds is 8. The van der Waals surface area contributed by atoms with Crippen LogP contribution in [0.4, 0.5) is 0 Å². The third kappa shape index (κ3) is 6.30. The van der Waals surface area contributed by atoms with Crippen LogP contribution in [0.3, 0.4) is 0 Å². The van der Waals surface area contributed by atoms with Gasteiger partial charge in [0.2, 0.25) is 0 Å². The second-order valence-electron chi connectivity index (χ2n) is 5.23. The predicted molar refractivity (Wildman–Crippen MR) is 88.0 cm³/mol. The molecule has 0 aliphatic carbocycles. The van der Waals surface area contributed by atoms with E-state index in [-0.39, 0.29) is 5.60 Å². The zero-order chi connectivity index (χ0) is 14.3. The first-order valence-corrected chi connectivity index (χ1v) is 8.36. The molecule has 0 bridgehead atoms. The Morgan fingerprint density at radius 3 is 2.63 bits per heavy atom. The van der Waals surface area contributed by atoms with Gasteiger partial charge in [-0.3, -0.25) is 0 Å². The van der Waals surface area contributed by atoms with Gasteiger partial charge in [0.1, 0.15) is 0 Å². The minimum absolute atomic E-state index is 0.0346. The summed E-state index contributed by atoms with van der Waals surface area (Å²) in [7, 11) is 3.81. The molecule has 1 rings (SSSR count).